The molecule has 0 atom stereocenters. The molecule has 2 aromatic carbocycles. The fourth-order valence-electron chi connectivity index (χ4n) is 1.84. The lowest BCUT2D eigenvalue weighted by molar-refractivity contribution is 0.282. The smallest absolute Gasteiger partial charge is 0.127 e. The first kappa shape index (κ1) is 13.6. The Morgan fingerprint density at radius 2 is 1.61 bits per heavy atom. The molecule has 0 bridgehead atoms. The Balaban J connectivity index is 2.61. The molecule has 0 spiro atoms. The van der Waals surface area contributed by atoms with Crippen molar-refractivity contribution in [3.05, 3.63) is 50.9 Å². The van der Waals surface area contributed by atoms with E-state index in [1.165, 1.54) is 0 Å². The normalized spacial score (nSPS) is 10.4. The zero-order valence-electron chi connectivity index (χ0n) is 9.78. The van der Waals surface area contributed by atoms with Crippen LogP contribution in [0, 0.1) is 0 Å². The van der Waals surface area contributed by atoms with Crippen molar-refractivity contribution in [3.8, 4) is 16.9 Å². The Kier molecular flexibility index (Phi) is 4.43. The van der Waals surface area contributed by atoms with Crippen LogP contribution in [0.15, 0.2) is 45.3 Å². The van der Waals surface area contributed by atoms with Crippen molar-refractivity contribution >= 4 is 31.9 Å². The van der Waals surface area contributed by atoms with Crippen molar-refractivity contribution in [1.82, 2.24) is 0 Å². The molecule has 0 heterocycles. The van der Waals surface area contributed by atoms with E-state index in [-0.39, 0.29) is 6.61 Å². The van der Waals surface area contributed by atoms with Crippen molar-refractivity contribution in [3.63, 3.8) is 0 Å². The number of hydrogen-bond acceptors (Lipinski definition) is 2. The summed E-state index contributed by atoms with van der Waals surface area (Å²) >= 11 is 6.83. The molecule has 18 heavy (non-hydrogen) atoms. The van der Waals surface area contributed by atoms with Crippen LogP contribution in [0.2, 0.25) is 0 Å². The minimum atomic E-state index is -0.00596. The molecular weight excluding hydrogens is 360 g/mol. The molecule has 0 saturated carbocycles. The quantitative estimate of drug-likeness (QED) is 0.867. The molecule has 0 saturated heterocycles. The number of benzene rings is 2. The van der Waals surface area contributed by atoms with Crippen LogP contribution in [0.25, 0.3) is 11.1 Å². The monoisotopic (exact) mass is 370 g/mol. The third kappa shape index (κ3) is 2.76. The summed E-state index contributed by atoms with van der Waals surface area (Å²) in [6.07, 6.45) is 0. The molecule has 0 radical (unpaired) electrons. The molecule has 2 rings (SSSR count). The molecule has 94 valence electrons. The average Bonchev–Trinajstić information content (AvgIpc) is 2.38. The third-order valence-corrected chi connectivity index (χ3v) is 3.68. The number of ether oxygens (including phenoxy) is 1. The number of hydrogen-bond donors (Lipinski definition) is 1. The van der Waals surface area contributed by atoms with Crippen LogP contribution in [0.1, 0.15) is 5.56 Å². The van der Waals surface area contributed by atoms with E-state index in [4.69, 9.17) is 4.74 Å². The van der Waals surface area contributed by atoms with E-state index in [2.05, 4.69) is 31.9 Å². The zero-order chi connectivity index (χ0) is 13.1. The molecule has 0 fully saturated rings. The lowest BCUT2D eigenvalue weighted by Gasteiger charge is -2.12. The highest BCUT2D eigenvalue weighted by molar-refractivity contribution is 9.10. The molecule has 1 N–H and O–H groups in total. The van der Waals surface area contributed by atoms with E-state index in [1.807, 2.05) is 36.4 Å². The van der Waals surface area contributed by atoms with Gasteiger partial charge in [-0.3, -0.25) is 0 Å². The van der Waals surface area contributed by atoms with Gasteiger partial charge in [-0.25, -0.2) is 0 Å². The second-order valence-corrected chi connectivity index (χ2v) is 5.64. The minimum absolute atomic E-state index is 0.00596. The first-order chi connectivity index (χ1) is 8.65. The molecule has 2 nitrogen and oxygen atoms in total. The van der Waals surface area contributed by atoms with Gasteiger partial charge in [0.1, 0.15) is 5.75 Å². The van der Waals surface area contributed by atoms with Gasteiger partial charge in [0, 0.05) is 14.5 Å². The highest BCUT2D eigenvalue weighted by atomic mass is 79.9. The van der Waals surface area contributed by atoms with Crippen LogP contribution in [0.5, 0.6) is 5.75 Å². The van der Waals surface area contributed by atoms with Crippen molar-refractivity contribution in [2.24, 2.45) is 0 Å². The number of aliphatic hydroxyl groups excluding tert-OH is 1. The van der Waals surface area contributed by atoms with E-state index in [0.717, 1.165) is 31.4 Å². The topological polar surface area (TPSA) is 29.5 Å². The molecule has 0 aliphatic rings. The summed E-state index contributed by atoms with van der Waals surface area (Å²) in [6, 6.07) is 11.7. The Hall–Kier alpha value is -0.840. The first-order valence-corrected chi connectivity index (χ1v) is 6.97. The summed E-state index contributed by atoms with van der Waals surface area (Å²) in [5.74, 6) is 0.779. The Bertz CT molecular complexity index is 516. The fraction of sp³-hybridized carbons (Fsp3) is 0.143. The maximum absolute atomic E-state index is 9.45. The van der Waals surface area contributed by atoms with Crippen molar-refractivity contribution in [2.45, 2.75) is 6.61 Å². The lowest BCUT2D eigenvalue weighted by atomic mass is 9.99. The highest BCUT2D eigenvalue weighted by Gasteiger charge is 2.10. The molecule has 4 heteroatoms. The van der Waals surface area contributed by atoms with Crippen LogP contribution < -0.4 is 4.74 Å². The molecule has 0 aliphatic heterocycles. The number of halogens is 2. The predicted molar refractivity (Wildman–Crippen MR) is 79.8 cm³/mol. The Morgan fingerprint density at radius 3 is 2.22 bits per heavy atom. The van der Waals surface area contributed by atoms with Crippen molar-refractivity contribution < 1.29 is 9.84 Å². The van der Waals surface area contributed by atoms with E-state index in [0.29, 0.717) is 0 Å². The van der Waals surface area contributed by atoms with Gasteiger partial charge in [-0.2, -0.15) is 0 Å². The maximum Gasteiger partial charge on any atom is 0.127 e. The van der Waals surface area contributed by atoms with Crippen LogP contribution in [-0.4, -0.2) is 12.2 Å². The summed E-state index contributed by atoms with van der Waals surface area (Å²) in [4.78, 5) is 0. The summed E-state index contributed by atoms with van der Waals surface area (Å²) in [6.45, 7) is -0.00596. The third-order valence-electron chi connectivity index (χ3n) is 2.69. The van der Waals surface area contributed by atoms with Gasteiger partial charge in [-0.05, 0) is 41.5 Å². The van der Waals surface area contributed by atoms with E-state index < -0.39 is 0 Å². The Morgan fingerprint density at radius 1 is 1.00 bits per heavy atom. The lowest BCUT2D eigenvalue weighted by Crippen LogP contribution is -1.93. The van der Waals surface area contributed by atoms with Gasteiger partial charge in [0.15, 0.2) is 0 Å². The SMILES string of the molecule is COc1cc(Br)ccc1-c1ccc(Br)cc1CO. The van der Waals surface area contributed by atoms with E-state index in [1.54, 1.807) is 7.11 Å². The highest BCUT2D eigenvalue weighted by Crippen LogP contribution is 2.35. The fourth-order valence-corrected chi connectivity index (χ4v) is 2.59. The maximum atomic E-state index is 9.45. The van der Waals surface area contributed by atoms with Crippen LogP contribution in [-0.2, 0) is 6.61 Å². The molecule has 2 aromatic rings. The standard InChI is InChI=1S/C14H12Br2O2/c1-18-14-7-11(16)3-5-13(14)12-4-2-10(15)6-9(12)8-17/h2-7,17H,8H2,1H3. The van der Waals surface area contributed by atoms with Crippen LogP contribution in [0.3, 0.4) is 0 Å². The zero-order valence-corrected chi connectivity index (χ0v) is 13.0. The number of rotatable bonds is 3. The molecule has 0 aromatic heterocycles. The van der Waals surface area contributed by atoms with Crippen molar-refractivity contribution in [1.29, 1.82) is 0 Å². The van der Waals surface area contributed by atoms with Gasteiger partial charge in [0.2, 0.25) is 0 Å². The molecule has 0 aliphatic carbocycles. The van der Waals surface area contributed by atoms with Gasteiger partial charge in [-0.1, -0.05) is 37.9 Å². The summed E-state index contributed by atoms with van der Waals surface area (Å²) in [5.41, 5.74) is 2.81. The Labute approximate surface area is 123 Å². The number of methoxy groups -OCH3 is 1. The second kappa shape index (κ2) is 5.87. The molecule has 0 unspecified atom stereocenters. The predicted octanol–water partition coefficient (Wildman–Crippen LogP) is 4.38. The van der Waals surface area contributed by atoms with Gasteiger partial charge >= 0.3 is 0 Å². The summed E-state index contributed by atoms with van der Waals surface area (Å²) in [7, 11) is 1.64. The van der Waals surface area contributed by atoms with Gasteiger partial charge in [0.25, 0.3) is 0 Å². The minimum Gasteiger partial charge on any atom is -0.496 e. The van der Waals surface area contributed by atoms with Gasteiger partial charge < -0.3 is 9.84 Å². The van der Waals surface area contributed by atoms with Crippen LogP contribution >= 0.6 is 31.9 Å². The summed E-state index contributed by atoms with van der Waals surface area (Å²) < 4.78 is 7.30. The largest absolute Gasteiger partial charge is 0.496 e. The van der Waals surface area contributed by atoms with Crippen molar-refractivity contribution in [2.75, 3.05) is 7.11 Å². The van der Waals surface area contributed by atoms with E-state index >= 15 is 0 Å². The van der Waals surface area contributed by atoms with Crippen LogP contribution in [0.4, 0.5) is 0 Å². The average molecular weight is 372 g/mol. The number of aliphatic hydroxyl groups is 1. The molecule has 0 amide bonds. The molecular formula is C14H12Br2O2. The second-order valence-electron chi connectivity index (χ2n) is 3.80. The summed E-state index contributed by atoms with van der Waals surface area (Å²) in [5, 5.41) is 9.45. The van der Waals surface area contributed by atoms with Gasteiger partial charge in [0.05, 0.1) is 13.7 Å². The van der Waals surface area contributed by atoms with E-state index in [9.17, 15) is 5.11 Å². The van der Waals surface area contributed by atoms with Gasteiger partial charge in [-0.15, -0.1) is 0 Å². The first-order valence-electron chi connectivity index (χ1n) is 5.39.